The molecule has 0 spiro atoms. The van der Waals surface area contributed by atoms with Crippen LogP contribution in [0.15, 0.2) is 33.7 Å². The Balaban J connectivity index is 1.28. The summed E-state index contributed by atoms with van der Waals surface area (Å²) in [6.07, 6.45) is 3.47. The van der Waals surface area contributed by atoms with Crippen LogP contribution in [0.5, 0.6) is 0 Å². The highest BCUT2D eigenvalue weighted by molar-refractivity contribution is 7.89. The number of rotatable bonds is 4. The fourth-order valence-corrected chi connectivity index (χ4v) is 6.68. The molecule has 2 saturated heterocycles. The molecule has 9 nitrogen and oxygen atoms in total. The van der Waals surface area contributed by atoms with Gasteiger partial charge >= 0.3 is 0 Å². The fraction of sp³-hybridized carbons (Fsp3) is 0.450. The second-order valence-electron chi connectivity index (χ2n) is 7.75. The molecule has 0 bridgehead atoms. The SMILES string of the molecule is Cc1oc(C(=O)N2CCN(c3nc4cccnc4s3)CC2)cc1S(=O)(=O)N1CCCC1. The minimum Gasteiger partial charge on any atom is -0.455 e. The van der Waals surface area contributed by atoms with E-state index in [1.54, 1.807) is 29.4 Å². The van der Waals surface area contributed by atoms with Crippen LogP contribution in [0.4, 0.5) is 5.13 Å². The molecule has 0 unspecified atom stereocenters. The molecule has 164 valence electrons. The smallest absolute Gasteiger partial charge is 0.289 e. The third kappa shape index (κ3) is 3.70. The summed E-state index contributed by atoms with van der Waals surface area (Å²) in [5.41, 5.74) is 0.874. The van der Waals surface area contributed by atoms with Gasteiger partial charge in [0, 0.05) is 51.5 Å². The van der Waals surface area contributed by atoms with Gasteiger partial charge in [-0.05, 0) is 31.9 Å². The number of pyridine rings is 1. The van der Waals surface area contributed by atoms with E-state index in [-0.39, 0.29) is 22.3 Å². The number of hydrogen-bond acceptors (Lipinski definition) is 8. The number of hydrogen-bond donors (Lipinski definition) is 0. The molecule has 31 heavy (non-hydrogen) atoms. The number of sulfonamides is 1. The first-order valence-corrected chi connectivity index (χ1v) is 12.6. The van der Waals surface area contributed by atoms with E-state index in [4.69, 9.17) is 4.42 Å². The van der Waals surface area contributed by atoms with Gasteiger partial charge in [0.25, 0.3) is 5.91 Å². The Bertz CT molecular complexity index is 1190. The van der Waals surface area contributed by atoms with Gasteiger partial charge in [-0.25, -0.2) is 18.4 Å². The van der Waals surface area contributed by atoms with Crippen molar-refractivity contribution in [1.29, 1.82) is 0 Å². The zero-order valence-electron chi connectivity index (χ0n) is 17.2. The molecule has 0 saturated carbocycles. The Morgan fingerprint density at radius 3 is 2.58 bits per heavy atom. The highest BCUT2D eigenvalue weighted by Crippen LogP contribution is 2.29. The van der Waals surface area contributed by atoms with Gasteiger partial charge in [0.15, 0.2) is 10.9 Å². The number of aryl methyl sites for hydroxylation is 1. The third-order valence-electron chi connectivity index (χ3n) is 5.76. The molecule has 0 atom stereocenters. The monoisotopic (exact) mass is 461 g/mol. The number of anilines is 1. The summed E-state index contributed by atoms with van der Waals surface area (Å²) >= 11 is 1.54. The Morgan fingerprint density at radius 2 is 1.87 bits per heavy atom. The van der Waals surface area contributed by atoms with Crippen LogP contribution in [-0.4, -0.2) is 72.8 Å². The first kappa shape index (κ1) is 20.4. The van der Waals surface area contributed by atoms with Crippen LogP contribution in [0.3, 0.4) is 0 Å². The van der Waals surface area contributed by atoms with Gasteiger partial charge < -0.3 is 14.2 Å². The molecule has 2 aliphatic rings. The molecule has 0 N–H and O–H groups in total. The van der Waals surface area contributed by atoms with Crippen molar-refractivity contribution < 1.29 is 17.6 Å². The lowest BCUT2D eigenvalue weighted by Crippen LogP contribution is -2.48. The van der Waals surface area contributed by atoms with Crippen molar-refractivity contribution >= 4 is 42.7 Å². The Hall–Kier alpha value is -2.50. The Kier molecular flexibility index (Phi) is 5.19. The van der Waals surface area contributed by atoms with Gasteiger partial charge in [-0.1, -0.05) is 11.3 Å². The van der Waals surface area contributed by atoms with E-state index in [1.807, 2.05) is 12.1 Å². The molecule has 0 radical (unpaired) electrons. The lowest BCUT2D eigenvalue weighted by Gasteiger charge is -2.34. The summed E-state index contributed by atoms with van der Waals surface area (Å²) in [4.78, 5) is 26.8. The quantitative estimate of drug-likeness (QED) is 0.588. The van der Waals surface area contributed by atoms with Crippen LogP contribution in [0.2, 0.25) is 0 Å². The van der Waals surface area contributed by atoms with E-state index in [0.717, 1.165) is 28.3 Å². The van der Waals surface area contributed by atoms with Crippen LogP contribution in [0, 0.1) is 6.92 Å². The number of carbonyl (C=O) groups is 1. The fourth-order valence-electron chi connectivity index (χ4n) is 4.04. The van der Waals surface area contributed by atoms with E-state index in [9.17, 15) is 13.2 Å². The first-order chi connectivity index (χ1) is 14.9. The van der Waals surface area contributed by atoms with E-state index in [1.165, 1.54) is 10.4 Å². The normalized spacial score (nSPS) is 18.2. The van der Waals surface area contributed by atoms with Crippen molar-refractivity contribution in [3.63, 3.8) is 0 Å². The van der Waals surface area contributed by atoms with Crippen LogP contribution < -0.4 is 4.90 Å². The maximum Gasteiger partial charge on any atom is 0.289 e. The van der Waals surface area contributed by atoms with Gasteiger partial charge in [-0.15, -0.1) is 0 Å². The van der Waals surface area contributed by atoms with E-state index in [0.29, 0.717) is 39.3 Å². The average molecular weight is 462 g/mol. The predicted molar refractivity (Wildman–Crippen MR) is 117 cm³/mol. The second kappa shape index (κ2) is 7.88. The number of carbonyl (C=O) groups excluding carboxylic acids is 1. The van der Waals surface area contributed by atoms with Gasteiger partial charge in [-0.3, -0.25) is 4.79 Å². The highest BCUT2D eigenvalue weighted by atomic mass is 32.2. The standard InChI is InChI=1S/C20H23N5O4S2/c1-14-17(31(27,28)25-7-2-3-8-25)13-16(29-14)19(26)23-9-11-24(12-10-23)20-22-15-5-4-6-21-18(15)30-20/h4-6,13H,2-3,7-12H2,1H3. The second-order valence-corrected chi connectivity index (χ2v) is 10.6. The summed E-state index contributed by atoms with van der Waals surface area (Å²) in [5, 5.41) is 0.897. The summed E-state index contributed by atoms with van der Waals surface area (Å²) in [7, 11) is -3.62. The number of furan rings is 1. The molecule has 5 heterocycles. The molecule has 2 fully saturated rings. The summed E-state index contributed by atoms with van der Waals surface area (Å²) in [5.74, 6) is 0.0559. The van der Waals surface area contributed by atoms with Gasteiger partial charge in [0.05, 0.1) is 0 Å². The number of fused-ring (bicyclic) bond motifs is 1. The molecule has 3 aromatic heterocycles. The molecule has 1 amide bonds. The molecule has 11 heteroatoms. The van der Waals surface area contributed by atoms with E-state index < -0.39 is 10.0 Å². The van der Waals surface area contributed by atoms with Crippen molar-refractivity contribution in [1.82, 2.24) is 19.2 Å². The summed E-state index contributed by atoms with van der Waals surface area (Å²) in [6, 6.07) is 5.19. The lowest BCUT2D eigenvalue weighted by molar-refractivity contribution is 0.0713. The third-order valence-corrected chi connectivity index (χ3v) is 8.80. The summed E-state index contributed by atoms with van der Waals surface area (Å²) in [6.45, 7) is 4.93. The molecule has 0 aromatic carbocycles. The predicted octanol–water partition coefficient (Wildman–Crippen LogP) is 2.34. The lowest BCUT2D eigenvalue weighted by atomic mass is 10.3. The Morgan fingerprint density at radius 1 is 1.13 bits per heavy atom. The maximum atomic E-state index is 13.0. The van der Waals surface area contributed by atoms with E-state index >= 15 is 0 Å². The van der Waals surface area contributed by atoms with Crippen molar-refractivity contribution in [2.45, 2.75) is 24.7 Å². The van der Waals surface area contributed by atoms with Gasteiger partial charge in [0.1, 0.15) is 21.0 Å². The molecule has 2 aliphatic heterocycles. The molecule has 5 rings (SSSR count). The number of aromatic nitrogens is 2. The van der Waals surface area contributed by atoms with Crippen molar-refractivity contribution in [3.8, 4) is 0 Å². The molecular formula is C20H23N5O4S2. The topological polar surface area (TPSA) is 99.9 Å². The number of amides is 1. The van der Waals surface area contributed by atoms with E-state index in [2.05, 4.69) is 14.9 Å². The van der Waals surface area contributed by atoms with Crippen molar-refractivity contribution in [2.75, 3.05) is 44.2 Å². The minimum absolute atomic E-state index is 0.0768. The largest absolute Gasteiger partial charge is 0.455 e. The molecule has 3 aromatic rings. The Labute approximate surface area is 184 Å². The van der Waals surface area contributed by atoms with Gasteiger partial charge in [-0.2, -0.15) is 4.31 Å². The minimum atomic E-state index is -3.62. The first-order valence-electron chi connectivity index (χ1n) is 10.3. The highest BCUT2D eigenvalue weighted by Gasteiger charge is 2.33. The zero-order chi connectivity index (χ0) is 21.6. The molecular weight excluding hydrogens is 438 g/mol. The van der Waals surface area contributed by atoms with Gasteiger partial charge in [0.2, 0.25) is 10.0 Å². The van der Waals surface area contributed by atoms with Crippen LogP contribution >= 0.6 is 11.3 Å². The van der Waals surface area contributed by atoms with Crippen molar-refractivity contribution in [3.05, 3.63) is 35.9 Å². The van der Waals surface area contributed by atoms with Crippen LogP contribution in [0.25, 0.3) is 10.3 Å². The number of piperazine rings is 1. The summed E-state index contributed by atoms with van der Waals surface area (Å²) < 4.78 is 32.8. The number of nitrogens with zero attached hydrogens (tertiary/aromatic N) is 5. The average Bonchev–Trinajstić information content (AvgIpc) is 3.52. The van der Waals surface area contributed by atoms with Crippen molar-refractivity contribution in [2.24, 2.45) is 0 Å². The number of thiazole rings is 1. The molecule has 0 aliphatic carbocycles. The van der Waals surface area contributed by atoms with Crippen LogP contribution in [-0.2, 0) is 10.0 Å². The zero-order valence-corrected chi connectivity index (χ0v) is 18.8. The maximum absolute atomic E-state index is 13.0. The van der Waals surface area contributed by atoms with Crippen LogP contribution in [0.1, 0.15) is 29.2 Å².